The van der Waals surface area contributed by atoms with Crippen molar-refractivity contribution >= 4 is 65.4 Å². The van der Waals surface area contributed by atoms with E-state index in [-0.39, 0.29) is 60.4 Å². The van der Waals surface area contributed by atoms with E-state index in [1.165, 1.54) is 18.3 Å². The molecule has 0 spiro atoms. The maximum atomic E-state index is 13.4. The summed E-state index contributed by atoms with van der Waals surface area (Å²) in [5.74, 6) is -0.564. The van der Waals surface area contributed by atoms with Crippen LogP contribution in [0, 0.1) is 11.7 Å². The lowest BCUT2D eigenvalue weighted by molar-refractivity contribution is -0.140. The maximum absolute atomic E-state index is 13.4. The summed E-state index contributed by atoms with van der Waals surface area (Å²) < 4.78 is 53.4. The number of halogens is 7. The predicted octanol–water partition coefficient (Wildman–Crippen LogP) is 6.93. The van der Waals surface area contributed by atoms with Crippen LogP contribution in [-0.2, 0) is 11.0 Å². The van der Waals surface area contributed by atoms with Crippen LogP contribution in [-0.4, -0.2) is 41.2 Å². The molecule has 1 aliphatic rings. The summed E-state index contributed by atoms with van der Waals surface area (Å²) in [6.45, 7) is 1.22. The Kier molecular flexibility index (Phi) is 10.6. The second-order valence-electron chi connectivity index (χ2n) is 8.85. The number of carbonyl (C=O) groups excluding carboxylic acids is 1. The highest BCUT2D eigenvalue weighted by Crippen LogP contribution is 2.38. The summed E-state index contributed by atoms with van der Waals surface area (Å²) in [5.41, 5.74) is 1.64. The van der Waals surface area contributed by atoms with Crippen molar-refractivity contribution in [2.24, 2.45) is 5.92 Å². The zero-order valence-electron chi connectivity index (χ0n) is 20.6. The van der Waals surface area contributed by atoms with Crippen LogP contribution in [0.3, 0.4) is 0 Å². The fourth-order valence-electron chi connectivity index (χ4n) is 4.73. The molecule has 1 aliphatic heterocycles. The van der Waals surface area contributed by atoms with Crippen LogP contribution in [0.5, 0.6) is 0 Å². The number of alkyl halides is 3. The number of carbonyl (C=O) groups is 1. The lowest BCUT2D eigenvalue weighted by Gasteiger charge is -2.35. The summed E-state index contributed by atoms with van der Waals surface area (Å²) >= 11 is 0. The molecule has 1 N–H and O–H groups in total. The molecule has 2 aromatic carbocycles. The summed E-state index contributed by atoms with van der Waals surface area (Å²) in [7, 11) is 1.69. The Balaban J connectivity index is 0.00000178. The normalized spacial score (nSPS) is 13.7. The number of aromatic amines is 1. The molecule has 39 heavy (non-hydrogen) atoms. The van der Waals surface area contributed by atoms with Gasteiger partial charge >= 0.3 is 6.18 Å². The molecule has 13 heteroatoms. The van der Waals surface area contributed by atoms with E-state index in [0.29, 0.717) is 42.7 Å². The zero-order valence-corrected chi connectivity index (χ0v) is 23.1. The number of pyridine rings is 1. The second-order valence-corrected chi connectivity index (χ2v) is 8.85. The van der Waals surface area contributed by atoms with Gasteiger partial charge in [-0.05, 0) is 60.9 Å². The van der Waals surface area contributed by atoms with Crippen molar-refractivity contribution in [3.63, 3.8) is 0 Å². The molecule has 4 aromatic rings. The van der Waals surface area contributed by atoms with Crippen molar-refractivity contribution in [3.8, 4) is 11.1 Å². The van der Waals surface area contributed by atoms with Gasteiger partial charge in [-0.2, -0.15) is 18.3 Å². The third-order valence-electron chi connectivity index (χ3n) is 6.68. The van der Waals surface area contributed by atoms with Crippen molar-refractivity contribution < 1.29 is 22.4 Å². The third-order valence-corrected chi connectivity index (χ3v) is 6.68. The van der Waals surface area contributed by atoms with Gasteiger partial charge in [0.25, 0.3) is 0 Å². The van der Waals surface area contributed by atoms with Crippen LogP contribution in [0.15, 0.2) is 60.9 Å². The number of fused-ring (bicyclic) bond motifs is 1. The van der Waals surface area contributed by atoms with Crippen LogP contribution in [0.25, 0.3) is 22.0 Å². The quantitative estimate of drug-likeness (QED) is 0.256. The van der Waals surface area contributed by atoms with E-state index in [2.05, 4.69) is 20.1 Å². The first kappa shape index (κ1) is 32.1. The summed E-state index contributed by atoms with van der Waals surface area (Å²) in [5, 5.41) is 6.38. The molecule has 0 saturated carbocycles. The molecule has 1 fully saturated rings. The van der Waals surface area contributed by atoms with Gasteiger partial charge in [-0.1, -0.05) is 6.07 Å². The van der Waals surface area contributed by atoms with Gasteiger partial charge in [0.15, 0.2) is 0 Å². The standard InChI is InChI=1S/C26H23F4N5O.3ClH/c1-34(19-5-3-18(27)4-6-19)25(36)16-9-12-35(13-10-16)23-8-11-31-22-7-2-17(14-20(22)23)21-15-32-33-24(21)26(28,29)30;;;/h2-8,11,14-16H,9-10,12-13H2,1H3,(H,32,33);3*1H. The molecule has 5 rings (SSSR count). The maximum Gasteiger partial charge on any atom is 0.433 e. The van der Waals surface area contributed by atoms with E-state index in [9.17, 15) is 22.4 Å². The number of amides is 1. The molecule has 3 heterocycles. The number of nitrogens with zero attached hydrogens (tertiary/aromatic N) is 4. The molecule has 0 atom stereocenters. The first-order chi connectivity index (χ1) is 17.2. The van der Waals surface area contributed by atoms with E-state index in [1.54, 1.807) is 48.5 Å². The summed E-state index contributed by atoms with van der Waals surface area (Å²) in [6, 6.07) is 12.7. The van der Waals surface area contributed by atoms with Gasteiger partial charge in [0, 0.05) is 54.6 Å². The average molecular weight is 607 g/mol. The van der Waals surface area contributed by atoms with Crippen LogP contribution >= 0.6 is 37.2 Å². The Labute approximate surface area is 241 Å². The smallest absolute Gasteiger partial charge is 0.371 e. The third kappa shape index (κ3) is 6.57. The first-order valence-electron chi connectivity index (χ1n) is 11.5. The molecular weight excluding hydrogens is 581 g/mol. The van der Waals surface area contributed by atoms with Crippen molar-refractivity contribution in [2.45, 2.75) is 19.0 Å². The number of hydrogen-bond donors (Lipinski definition) is 1. The Morgan fingerprint density at radius 2 is 1.69 bits per heavy atom. The topological polar surface area (TPSA) is 65.1 Å². The fraction of sp³-hybridized carbons (Fsp3) is 0.269. The number of hydrogen-bond acceptors (Lipinski definition) is 4. The lowest BCUT2D eigenvalue weighted by atomic mass is 9.94. The number of benzene rings is 2. The SMILES string of the molecule is CN(C(=O)C1CCN(c2ccnc3ccc(-c4cn[nH]c4C(F)(F)F)cc23)CC1)c1ccc(F)cc1.Cl.Cl.Cl. The molecule has 0 unspecified atom stereocenters. The van der Waals surface area contributed by atoms with Crippen LogP contribution in [0.2, 0.25) is 0 Å². The Bertz CT molecular complexity index is 1410. The van der Waals surface area contributed by atoms with E-state index >= 15 is 0 Å². The molecule has 0 bridgehead atoms. The van der Waals surface area contributed by atoms with Gasteiger partial charge in [-0.3, -0.25) is 14.9 Å². The van der Waals surface area contributed by atoms with E-state index < -0.39 is 11.9 Å². The van der Waals surface area contributed by atoms with Gasteiger partial charge in [0.1, 0.15) is 11.5 Å². The molecule has 1 saturated heterocycles. The molecule has 0 aliphatic carbocycles. The van der Waals surface area contributed by atoms with Crippen molar-refractivity contribution in [1.82, 2.24) is 15.2 Å². The van der Waals surface area contributed by atoms with E-state index in [1.807, 2.05) is 6.07 Å². The lowest BCUT2D eigenvalue weighted by Crippen LogP contribution is -2.41. The highest BCUT2D eigenvalue weighted by molar-refractivity contribution is 5.96. The largest absolute Gasteiger partial charge is 0.433 e. The number of aromatic nitrogens is 3. The highest BCUT2D eigenvalue weighted by atomic mass is 35.5. The van der Waals surface area contributed by atoms with Gasteiger partial charge in [0.05, 0.1) is 11.7 Å². The Morgan fingerprint density at radius 1 is 1.03 bits per heavy atom. The second kappa shape index (κ2) is 12.8. The Hall–Kier alpha value is -3.08. The number of piperidine rings is 1. The van der Waals surface area contributed by atoms with Gasteiger partial charge in [-0.25, -0.2) is 4.39 Å². The van der Waals surface area contributed by atoms with Crippen molar-refractivity contribution in [3.05, 3.63) is 72.4 Å². The zero-order chi connectivity index (χ0) is 25.4. The van der Waals surface area contributed by atoms with E-state index in [4.69, 9.17) is 0 Å². The predicted molar refractivity (Wildman–Crippen MR) is 151 cm³/mol. The van der Waals surface area contributed by atoms with Gasteiger partial charge in [-0.15, -0.1) is 37.2 Å². The minimum atomic E-state index is -4.55. The Morgan fingerprint density at radius 3 is 2.33 bits per heavy atom. The number of nitrogens with one attached hydrogen (secondary N) is 1. The number of rotatable bonds is 4. The monoisotopic (exact) mass is 605 g/mol. The van der Waals surface area contributed by atoms with Crippen LogP contribution < -0.4 is 9.80 Å². The van der Waals surface area contributed by atoms with Crippen molar-refractivity contribution in [1.29, 1.82) is 0 Å². The first-order valence-corrected chi connectivity index (χ1v) is 11.5. The van der Waals surface area contributed by atoms with Gasteiger partial charge < -0.3 is 9.80 Å². The fourth-order valence-corrected chi connectivity index (χ4v) is 4.73. The molecule has 6 nitrogen and oxygen atoms in total. The van der Waals surface area contributed by atoms with Gasteiger partial charge in [0.2, 0.25) is 5.91 Å². The summed E-state index contributed by atoms with van der Waals surface area (Å²) in [6.07, 6.45) is -0.458. The minimum Gasteiger partial charge on any atom is -0.371 e. The molecule has 1 amide bonds. The molecule has 210 valence electrons. The number of anilines is 2. The number of H-pyrrole nitrogens is 1. The minimum absolute atomic E-state index is 0. The van der Waals surface area contributed by atoms with E-state index in [0.717, 1.165) is 11.1 Å². The summed E-state index contributed by atoms with van der Waals surface area (Å²) in [4.78, 5) is 21.1. The molecular formula is C26H26Cl3F4N5O. The highest BCUT2D eigenvalue weighted by Gasteiger charge is 2.36. The van der Waals surface area contributed by atoms with Crippen LogP contribution in [0.1, 0.15) is 18.5 Å². The van der Waals surface area contributed by atoms with Crippen molar-refractivity contribution in [2.75, 3.05) is 29.9 Å². The van der Waals surface area contributed by atoms with Crippen LogP contribution in [0.4, 0.5) is 28.9 Å². The molecule has 0 radical (unpaired) electrons. The molecule has 2 aromatic heterocycles. The average Bonchev–Trinajstić information content (AvgIpc) is 3.39.